The molecule has 0 aromatic heterocycles. The van der Waals surface area contributed by atoms with Gasteiger partial charge in [0.05, 0.1) is 18.7 Å². The zero-order valence-corrected chi connectivity index (χ0v) is 15.4. The number of aliphatic hydroxyl groups excluding tert-OH is 2. The molecular formula is C15H25N5O8. The lowest BCUT2D eigenvalue weighted by Gasteiger charge is -2.39. The van der Waals surface area contributed by atoms with Gasteiger partial charge in [-0.15, -0.1) is 0 Å². The molecule has 0 radical (unpaired) electrons. The summed E-state index contributed by atoms with van der Waals surface area (Å²) in [5.41, 5.74) is 10.8. The molecule has 9 N–H and O–H groups in total. The van der Waals surface area contributed by atoms with Crippen molar-refractivity contribution < 1.29 is 39.2 Å². The normalized spacial score (nSPS) is 23.3. The number of aliphatic hydroxyl groups is 2. The molecule has 0 saturated heterocycles. The molecule has 1 aliphatic heterocycles. The fourth-order valence-electron chi connectivity index (χ4n) is 2.58. The number of alkyl carbamates (subject to hydrolysis) is 1. The topological polar surface area (TPSA) is 219 Å². The van der Waals surface area contributed by atoms with Gasteiger partial charge in [0, 0.05) is 13.5 Å². The van der Waals surface area contributed by atoms with Gasteiger partial charge in [0.2, 0.25) is 11.7 Å². The molecule has 0 spiro atoms. The average Bonchev–Trinajstić information content (AvgIpc) is 2.59. The quantitative estimate of drug-likeness (QED) is 0.160. The maximum absolute atomic E-state index is 11.9. The van der Waals surface area contributed by atoms with Gasteiger partial charge in [-0.2, -0.15) is 0 Å². The highest BCUT2D eigenvalue weighted by Crippen LogP contribution is 2.26. The van der Waals surface area contributed by atoms with Crippen LogP contribution in [0.1, 0.15) is 13.8 Å². The van der Waals surface area contributed by atoms with Gasteiger partial charge in [0.15, 0.2) is 18.2 Å². The molecular weight excluding hydrogens is 378 g/mol. The molecule has 1 aliphatic rings. The highest BCUT2D eigenvalue weighted by Gasteiger charge is 2.46. The first-order valence-corrected chi connectivity index (χ1v) is 8.31. The van der Waals surface area contributed by atoms with Crippen molar-refractivity contribution in [2.24, 2.45) is 16.5 Å². The van der Waals surface area contributed by atoms with Crippen LogP contribution in [0.5, 0.6) is 0 Å². The van der Waals surface area contributed by atoms with Crippen molar-refractivity contribution in [3.8, 4) is 0 Å². The number of guanidine groups is 1. The Hall–Kier alpha value is -3.06. The fourth-order valence-corrected chi connectivity index (χ4v) is 2.58. The number of hydrogen-bond donors (Lipinski definition) is 7. The Morgan fingerprint density at radius 3 is 2.50 bits per heavy atom. The van der Waals surface area contributed by atoms with Gasteiger partial charge in [-0.05, 0) is 13.0 Å². The van der Waals surface area contributed by atoms with Gasteiger partial charge < -0.3 is 46.9 Å². The fraction of sp³-hybridized carbons (Fsp3) is 0.600. The van der Waals surface area contributed by atoms with Gasteiger partial charge >= 0.3 is 12.1 Å². The second-order valence-electron chi connectivity index (χ2n) is 5.84. The number of carbonyl (C=O) groups excluding carboxylic acids is 2. The van der Waals surface area contributed by atoms with Crippen molar-refractivity contribution >= 4 is 23.9 Å². The Morgan fingerprint density at radius 1 is 1.39 bits per heavy atom. The number of aliphatic imine (C=N–C) groups is 1. The van der Waals surface area contributed by atoms with E-state index >= 15 is 0 Å². The third-order valence-electron chi connectivity index (χ3n) is 3.64. The Kier molecular flexibility index (Phi) is 8.47. The minimum atomic E-state index is -1.66. The summed E-state index contributed by atoms with van der Waals surface area (Å²) in [6, 6.07) is -2.23. The van der Waals surface area contributed by atoms with E-state index in [1.165, 1.54) is 6.92 Å². The maximum Gasteiger partial charge on any atom is 0.407 e. The summed E-state index contributed by atoms with van der Waals surface area (Å²) in [6.07, 6.45) is -4.54. The van der Waals surface area contributed by atoms with Crippen LogP contribution in [0.25, 0.3) is 0 Å². The lowest BCUT2D eigenvalue weighted by Crippen LogP contribution is -2.61. The third-order valence-corrected chi connectivity index (χ3v) is 3.64. The molecule has 13 nitrogen and oxygen atoms in total. The molecule has 1 rings (SSSR count). The number of hydrogen-bond acceptors (Lipinski definition) is 8. The highest BCUT2D eigenvalue weighted by atomic mass is 16.6. The van der Waals surface area contributed by atoms with Crippen LogP contribution >= 0.6 is 0 Å². The van der Waals surface area contributed by atoms with Crippen LogP contribution in [0.2, 0.25) is 0 Å². The number of carboxylic acids is 1. The molecule has 0 aromatic rings. The first kappa shape index (κ1) is 23.0. The lowest BCUT2D eigenvalue weighted by molar-refractivity contribution is -0.146. The maximum atomic E-state index is 11.9. The van der Waals surface area contributed by atoms with Gasteiger partial charge in [-0.25, -0.2) is 14.6 Å². The molecule has 2 amide bonds. The number of aliphatic carboxylic acids is 1. The summed E-state index contributed by atoms with van der Waals surface area (Å²) in [6.45, 7) is 2.17. The number of amides is 2. The van der Waals surface area contributed by atoms with Crippen molar-refractivity contribution in [3.05, 3.63) is 11.8 Å². The molecule has 28 heavy (non-hydrogen) atoms. The number of ether oxygens (including phenoxy) is 2. The summed E-state index contributed by atoms with van der Waals surface area (Å²) in [4.78, 5) is 38.8. The van der Waals surface area contributed by atoms with Crippen LogP contribution in [0.3, 0.4) is 0 Å². The first-order chi connectivity index (χ1) is 13.1. The van der Waals surface area contributed by atoms with Crippen LogP contribution in [-0.2, 0) is 19.1 Å². The van der Waals surface area contributed by atoms with Gasteiger partial charge in [-0.3, -0.25) is 4.79 Å². The smallest absolute Gasteiger partial charge is 0.407 e. The van der Waals surface area contributed by atoms with Crippen LogP contribution in [0.15, 0.2) is 16.8 Å². The van der Waals surface area contributed by atoms with Crippen LogP contribution in [0.4, 0.5) is 4.79 Å². The minimum absolute atomic E-state index is 0.207. The summed E-state index contributed by atoms with van der Waals surface area (Å²) in [5.74, 6) is -3.00. The Balaban J connectivity index is 3.41. The summed E-state index contributed by atoms with van der Waals surface area (Å²) in [5, 5.41) is 33.6. The van der Waals surface area contributed by atoms with Crippen molar-refractivity contribution in [1.82, 2.24) is 10.6 Å². The van der Waals surface area contributed by atoms with E-state index in [9.17, 15) is 29.7 Å². The van der Waals surface area contributed by atoms with Crippen LogP contribution in [-0.4, -0.2) is 82.8 Å². The van der Waals surface area contributed by atoms with Crippen LogP contribution in [0, 0.1) is 0 Å². The zero-order chi connectivity index (χ0) is 21.4. The number of rotatable bonds is 8. The Bertz CT molecular complexity index is 648. The summed E-state index contributed by atoms with van der Waals surface area (Å²) < 4.78 is 10.5. The SMILES string of the molecule is CCNC(=O)O[C@@H]([C@@H]1OC(C(=O)O)=C[C@H](N=C(N)N)[C@H]1NC(C)=O)[C@H](O)CO. The van der Waals surface area contributed by atoms with Gasteiger partial charge in [0.25, 0.3) is 0 Å². The standard InChI is InChI=1S/C15H25N5O8/c1-3-18-15(26)28-11(8(23)5-21)12-10(19-6(2)22)7(20-14(16)17)4-9(27-12)13(24)25/h4,7-8,10-12,21,23H,3,5H2,1-2H3,(H,18,26)(H,19,22)(H,24,25)(H4,16,17,20)/t7-,8+,10+,11+,12+/m0/s1. The number of nitrogens with two attached hydrogens (primary N) is 2. The average molecular weight is 403 g/mol. The third kappa shape index (κ3) is 6.28. The monoisotopic (exact) mass is 403 g/mol. The molecule has 0 bridgehead atoms. The van der Waals surface area contributed by atoms with Gasteiger partial charge in [-0.1, -0.05) is 0 Å². The molecule has 0 aromatic carbocycles. The Labute approximate surface area is 160 Å². The number of nitrogens with zero attached hydrogens (tertiary/aromatic N) is 1. The second kappa shape index (κ2) is 10.3. The number of carboxylic acid groups (broad SMARTS) is 1. The zero-order valence-electron chi connectivity index (χ0n) is 15.4. The molecule has 5 atom stereocenters. The van der Waals surface area contributed by atoms with E-state index in [0.717, 1.165) is 6.08 Å². The number of carbonyl (C=O) groups is 3. The summed E-state index contributed by atoms with van der Waals surface area (Å²) in [7, 11) is 0. The molecule has 0 unspecified atom stereocenters. The Morgan fingerprint density at radius 2 is 2.04 bits per heavy atom. The van der Waals surface area contributed by atoms with Crippen molar-refractivity contribution in [2.45, 2.75) is 44.2 Å². The highest BCUT2D eigenvalue weighted by molar-refractivity contribution is 5.85. The van der Waals surface area contributed by atoms with E-state index in [1.807, 2.05) is 0 Å². The van der Waals surface area contributed by atoms with E-state index in [4.69, 9.17) is 20.9 Å². The van der Waals surface area contributed by atoms with Crippen molar-refractivity contribution in [1.29, 1.82) is 0 Å². The molecule has 0 fully saturated rings. The first-order valence-electron chi connectivity index (χ1n) is 8.31. The minimum Gasteiger partial charge on any atom is -0.477 e. The predicted octanol–water partition coefficient (Wildman–Crippen LogP) is -3.03. The molecule has 13 heteroatoms. The molecule has 158 valence electrons. The summed E-state index contributed by atoms with van der Waals surface area (Å²) >= 11 is 0. The van der Waals surface area contributed by atoms with Crippen molar-refractivity contribution in [2.75, 3.05) is 13.2 Å². The van der Waals surface area contributed by atoms with Crippen molar-refractivity contribution in [3.63, 3.8) is 0 Å². The molecule has 1 heterocycles. The second-order valence-corrected chi connectivity index (χ2v) is 5.84. The van der Waals surface area contributed by atoms with E-state index in [2.05, 4.69) is 15.6 Å². The molecule has 0 aliphatic carbocycles. The number of nitrogens with one attached hydrogen (secondary N) is 2. The van der Waals surface area contributed by atoms with Crippen LogP contribution < -0.4 is 22.1 Å². The van der Waals surface area contributed by atoms with E-state index in [-0.39, 0.29) is 6.54 Å². The van der Waals surface area contributed by atoms with E-state index in [1.54, 1.807) is 6.92 Å². The largest absolute Gasteiger partial charge is 0.477 e. The van der Waals surface area contributed by atoms with E-state index in [0.29, 0.717) is 0 Å². The van der Waals surface area contributed by atoms with Gasteiger partial charge in [0.1, 0.15) is 6.10 Å². The van der Waals surface area contributed by atoms with E-state index < -0.39 is 66.7 Å². The molecule has 0 saturated carbocycles. The predicted molar refractivity (Wildman–Crippen MR) is 94.8 cm³/mol. The lowest BCUT2D eigenvalue weighted by atomic mass is 9.92.